The average molecular weight is 287 g/mol. The van der Waals surface area contributed by atoms with Crippen LogP contribution in [-0.2, 0) is 0 Å². The number of halogens is 2. The summed E-state index contributed by atoms with van der Waals surface area (Å²) in [5, 5.41) is 9.30. The van der Waals surface area contributed by atoms with Gasteiger partial charge in [0.1, 0.15) is 5.82 Å². The van der Waals surface area contributed by atoms with Crippen molar-refractivity contribution in [2.45, 2.75) is 0 Å². The van der Waals surface area contributed by atoms with Crippen LogP contribution in [0.5, 0.6) is 0 Å². The van der Waals surface area contributed by atoms with E-state index in [1.54, 1.807) is 18.2 Å². The molecule has 0 saturated carbocycles. The van der Waals surface area contributed by atoms with Crippen LogP contribution in [0.1, 0.15) is 5.56 Å². The van der Waals surface area contributed by atoms with Gasteiger partial charge in [0.05, 0.1) is 28.4 Å². The first kappa shape index (κ1) is 12.5. The lowest BCUT2D eigenvalue weighted by atomic mass is 10.2. The molecule has 0 unspecified atom stereocenters. The van der Waals surface area contributed by atoms with Gasteiger partial charge in [-0.25, -0.2) is 9.37 Å². The van der Waals surface area contributed by atoms with Crippen LogP contribution >= 0.6 is 11.6 Å². The molecule has 0 aliphatic carbocycles. The number of rotatable bonds is 1. The smallest absolute Gasteiger partial charge is 0.206 e. The molecule has 4 nitrogen and oxygen atoms in total. The van der Waals surface area contributed by atoms with E-state index < -0.39 is 5.82 Å². The van der Waals surface area contributed by atoms with Gasteiger partial charge in [-0.1, -0.05) is 11.6 Å². The van der Waals surface area contributed by atoms with Crippen molar-refractivity contribution in [2.75, 3.05) is 5.73 Å². The van der Waals surface area contributed by atoms with Crippen molar-refractivity contribution in [3.05, 3.63) is 52.8 Å². The van der Waals surface area contributed by atoms with Crippen molar-refractivity contribution in [3.8, 4) is 11.8 Å². The largest absolute Gasteiger partial charge is 0.369 e. The van der Waals surface area contributed by atoms with Crippen LogP contribution in [-0.4, -0.2) is 9.55 Å². The highest BCUT2D eigenvalue weighted by atomic mass is 35.5. The summed E-state index contributed by atoms with van der Waals surface area (Å²) < 4.78 is 15.6. The Labute approximate surface area is 118 Å². The Balaban J connectivity index is 2.30. The van der Waals surface area contributed by atoms with Crippen molar-refractivity contribution in [1.29, 1.82) is 5.26 Å². The van der Waals surface area contributed by atoms with Gasteiger partial charge in [0.15, 0.2) is 0 Å². The Hall–Kier alpha value is -2.58. The molecule has 1 aromatic heterocycles. The average Bonchev–Trinajstić information content (AvgIpc) is 2.73. The molecule has 0 atom stereocenters. The van der Waals surface area contributed by atoms with Crippen molar-refractivity contribution in [2.24, 2.45) is 0 Å². The summed E-state index contributed by atoms with van der Waals surface area (Å²) in [5.74, 6) is -0.379. The number of nitrogen functional groups attached to an aromatic ring is 1. The van der Waals surface area contributed by atoms with Gasteiger partial charge in [-0.15, -0.1) is 0 Å². The zero-order chi connectivity index (χ0) is 14.3. The highest BCUT2D eigenvalue weighted by molar-refractivity contribution is 6.31. The van der Waals surface area contributed by atoms with Gasteiger partial charge in [-0.05, 0) is 36.4 Å². The minimum absolute atomic E-state index is 0.158. The topological polar surface area (TPSA) is 67.6 Å². The maximum Gasteiger partial charge on any atom is 0.206 e. The van der Waals surface area contributed by atoms with E-state index in [2.05, 4.69) is 4.98 Å². The first-order valence-electron chi connectivity index (χ1n) is 5.73. The Morgan fingerprint density at radius 1 is 1.25 bits per heavy atom. The lowest BCUT2D eigenvalue weighted by molar-refractivity contribution is 0.619. The van der Waals surface area contributed by atoms with Crippen molar-refractivity contribution in [1.82, 2.24) is 9.55 Å². The number of nitrogens with zero attached hydrogens (tertiary/aromatic N) is 3. The summed E-state index contributed by atoms with van der Waals surface area (Å²) in [7, 11) is 0. The monoisotopic (exact) mass is 286 g/mol. The van der Waals surface area contributed by atoms with Crippen LogP contribution in [0.25, 0.3) is 16.7 Å². The Bertz CT molecular complexity index is 863. The molecule has 98 valence electrons. The van der Waals surface area contributed by atoms with Crippen LogP contribution in [0.4, 0.5) is 10.3 Å². The predicted molar refractivity (Wildman–Crippen MR) is 75.2 cm³/mol. The van der Waals surface area contributed by atoms with E-state index in [0.717, 1.165) is 6.07 Å². The summed E-state index contributed by atoms with van der Waals surface area (Å²) in [6.45, 7) is 0. The minimum atomic E-state index is -0.537. The van der Waals surface area contributed by atoms with E-state index >= 15 is 0 Å². The molecule has 0 radical (unpaired) electrons. The molecule has 0 fully saturated rings. The molecule has 0 aliphatic rings. The maximum atomic E-state index is 14.1. The van der Waals surface area contributed by atoms with E-state index in [9.17, 15) is 4.39 Å². The summed E-state index contributed by atoms with van der Waals surface area (Å²) in [5.41, 5.74) is 7.57. The fourth-order valence-corrected chi connectivity index (χ4v) is 2.25. The lowest BCUT2D eigenvalue weighted by Gasteiger charge is -2.08. The molecule has 1 heterocycles. The molecule has 0 amide bonds. The van der Waals surface area contributed by atoms with Crippen molar-refractivity contribution >= 4 is 28.6 Å². The fraction of sp³-hybridized carbons (Fsp3) is 0. The van der Waals surface area contributed by atoms with Crippen LogP contribution in [0, 0.1) is 17.1 Å². The van der Waals surface area contributed by atoms with Gasteiger partial charge in [-0.3, -0.25) is 4.57 Å². The Kier molecular flexibility index (Phi) is 2.81. The zero-order valence-corrected chi connectivity index (χ0v) is 10.9. The third kappa shape index (κ3) is 1.87. The second kappa shape index (κ2) is 4.51. The van der Waals surface area contributed by atoms with Gasteiger partial charge < -0.3 is 5.73 Å². The predicted octanol–water partition coefficient (Wildman–Crippen LogP) is 3.27. The summed E-state index contributed by atoms with van der Waals surface area (Å²) in [6, 6.07) is 11.1. The van der Waals surface area contributed by atoms with E-state index in [1.165, 1.54) is 16.7 Å². The number of aromatic nitrogens is 2. The number of imidazole rings is 1. The third-order valence-electron chi connectivity index (χ3n) is 2.96. The third-order valence-corrected chi connectivity index (χ3v) is 3.20. The molecule has 6 heteroatoms. The molecule has 0 aliphatic heterocycles. The van der Waals surface area contributed by atoms with Crippen LogP contribution in [0.15, 0.2) is 36.4 Å². The van der Waals surface area contributed by atoms with E-state index in [1.807, 2.05) is 6.07 Å². The number of fused-ring (bicyclic) bond motifs is 1. The number of nitrogens with two attached hydrogens (primary N) is 1. The van der Waals surface area contributed by atoms with Crippen LogP contribution < -0.4 is 5.73 Å². The summed E-state index contributed by atoms with van der Waals surface area (Å²) in [4.78, 5) is 4.16. The summed E-state index contributed by atoms with van der Waals surface area (Å²) >= 11 is 5.90. The number of benzene rings is 2. The fourth-order valence-electron chi connectivity index (χ4n) is 2.08. The first-order chi connectivity index (χ1) is 9.60. The van der Waals surface area contributed by atoms with E-state index in [0.29, 0.717) is 16.1 Å². The Morgan fingerprint density at radius 2 is 2.05 bits per heavy atom. The molecule has 3 rings (SSSR count). The first-order valence-corrected chi connectivity index (χ1v) is 6.11. The van der Waals surface area contributed by atoms with Gasteiger partial charge in [0, 0.05) is 5.02 Å². The van der Waals surface area contributed by atoms with Gasteiger partial charge in [0.25, 0.3) is 0 Å². The zero-order valence-electron chi connectivity index (χ0n) is 10.1. The second-order valence-electron chi connectivity index (χ2n) is 4.22. The molecule has 20 heavy (non-hydrogen) atoms. The highest BCUT2D eigenvalue weighted by Crippen LogP contribution is 2.27. The Morgan fingerprint density at radius 3 is 2.75 bits per heavy atom. The lowest BCUT2D eigenvalue weighted by Crippen LogP contribution is -2.03. The molecular formula is C14H8ClFN4. The van der Waals surface area contributed by atoms with Crippen LogP contribution in [0.3, 0.4) is 0 Å². The minimum Gasteiger partial charge on any atom is -0.369 e. The van der Waals surface area contributed by atoms with E-state index in [-0.39, 0.29) is 17.2 Å². The van der Waals surface area contributed by atoms with Crippen molar-refractivity contribution in [3.63, 3.8) is 0 Å². The maximum absolute atomic E-state index is 14.1. The number of hydrogen-bond acceptors (Lipinski definition) is 3. The number of anilines is 1. The molecular weight excluding hydrogens is 279 g/mol. The number of nitriles is 1. The SMILES string of the molecule is N#Cc1ccc(-n2c(N)nc3cc(Cl)ccc32)c(F)c1. The van der Waals surface area contributed by atoms with Gasteiger partial charge in [-0.2, -0.15) is 5.26 Å². The molecule has 2 N–H and O–H groups in total. The molecule has 3 aromatic rings. The van der Waals surface area contributed by atoms with Crippen molar-refractivity contribution < 1.29 is 4.39 Å². The number of hydrogen-bond donors (Lipinski definition) is 1. The summed E-state index contributed by atoms with van der Waals surface area (Å²) in [6.07, 6.45) is 0. The highest BCUT2D eigenvalue weighted by Gasteiger charge is 2.14. The normalized spacial score (nSPS) is 10.7. The van der Waals surface area contributed by atoms with Gasteiger partial charge in [0.2, 0.25) is 5.95 Å². The van der Waals surface area contributed by atoms with Crippen LogP contribution in [0.2, 0.25) is 5.02 Å². The second-order valence-corrected chi connectivity index (χ2v) is 4.65. The molecule has 2 aromatic carbocycles. The standard InChI is InChI=1S/C14H8ClFN4/c15-9-2-4-13-11(6-9)19-14(18)20(13)12-3-1-8(7-17)5-10(12)16/h1-6H,(H2,18,19). The molecule has 0 saturated heterocycles. The van der Waals surface area contributed by atoms with E-state index in [4.69, 9.17) is 22.6 Å². The molecule has 0 bridgehead atoms. The van der Waals surface area contributed by atoms with Gasteiger partial charge >= 0.3 is 0 Å². The quantitative estimate of drug-likeness (QED) is 0.746. The molecule has 0 spiro atoms.